The molecule has 23 heavy (non-hydrogen) atoms. The van der Waals surface area contributed by atoms with E-state index in [1.165, 1.54) is 0 Å². The molecular weight excluding hydrogens is 366 g/mol. The Morgan fingerprint density at radius 1 is 1.17 bits per heavy atom. The number of ether oxygens (including phenoxy) is 1. The molecular formula is C15H12BrN3O4. The Balaban J connectivity index is 1.62. The largest absolute Gasteiger partial charge is 0.497 e. The van der Waals surface area contributed by atoms with E-state index in [1.54, 1.807) is 31.4 Å². The molecule has 0 spiro atoms. The van der Waals surface area contributed by atoms with Crippen LogP contribution in [0.1, 0.15) is 5.56 Å². The van der Waals surface area contributed by atoms with Crippen LogP contribution in [0.3, 0.4) is 0 Å². The Labute approximate surface area is 139 Å². The average Bonchev–Trinajstić information content (AvgIpc) is 3.17. The van der Waals surface area contributed by atoms with Gasteiger partial charge in [-0.05, 0) is 45.8 Å². The second-order valence-corrected chi connectivity index (χ2v) is 5.37. The van der Waals surface area contributed by atoms with E-state index in [2.05, 4.69) is 31.4 Å². The minimum Gasteiger partial charge on any atom is -0.497 e. The normalized spacial score (nSPS) is 10.5. The zero-order valence-corrected chi connectivity index (χ0v) is 13.7. The van der Waals surface area contributed by atoms with E-state index in [0.717, 1.165) is 11.3 Å². The van der Waals surface area contributed by atoms with Gasteiger partial charge in [0.1, 0.15) is 5.75 Å². The maximum atomic E-state index is 12.0. The number of methoxy groups -OCH3 is 1. The molecule has 0 saturated heterocycles. The first-order chi connectivity index (χ1) is 11.1. The van der Waals surface area contributed by atoms with E-state index in [1.807, 2.05) is 12.1 Å². The fourth-order valence-corrected chi connectivity index (χ4v) is 2.20. The fourth-order valence-electron chi connectivity index (χ4n) is 1.89. The summed E-state index contributed by atoms with van der Waals surface area (Å²) in [5, 5.41) is 10.1. The molecule has 1 amide bonds. The lowest BCUT2D eigenvalue weighted by Crippen LogP contribution is -2.14. The number of furan rings is 1. The third kappa shape index (κ3) is 3.78. The lowest BCUT2D eigenvalue weighted by atomic mass is 10.1. The van der Waals surface area contributed by atoms with E-state index in [-0.39, 0.29) is 24.2 Å². The van der Waals surface area contributed by atoms with Crippen LogP contribution < -0.4 is 10.1 Å². The number of carbonyl (C=O) groups excluding carboxylic acids is 1. The number of amides is 1. The second-order valence-electron chi connectivity index (χ2n) is 4.59. The van der Waals surface area contributed by atoms with Crippen LogP contribution in [0.5, 0.6) is 5.75 Å². The van der Waals surface area contributed by atoms with Gasteiger partial charge in [0.15, 0.2) is 10.4 Å². The molecule has 0 aliphatic rings. The molecule has 3 aromatic rings. The molecule has 0 saturated carbocycles. The third-order valence-corrected chi connectivity index (χ3v) is 3.41. The molecule has 0 fully saturated rings. The molecule has 0 atom stereocenters. The minimum absolute atomic E-state index is 0.0195. The zero-order valence-electron chi connectivity index (χ0n) is 12.1. The number of anilines is 1. The first kappa shape index (κ1) is 15.3. The number of nitrogens with zero attached hydrogens (tertiary/aromatic N) is 2. The van der Waals surface area contributed by atoms with Crippen LogP contribution in [0.25, 0.3) is 11.7 Å². The number of carbonyl (C=O) groups is 1. The van der Waals surface area contributed by atoms with E-state index in [4.69, 9.17) is 13.6 Å². The Bertz CT molecular complexity index is 810. The quantitative estimate of drug-likeness (QED) is 0.733. The van der Waals surface area contributed by atoms with Gasteiger partial charge in [0, 0.05) is 0 Å². The number of hydrogen-bond donors (Lipinski definition) is 1. The second kappa shape index (κ2) is 6.66. The first-order valence-corrected chi connectivity index (χ1v) is 7.45. The highest BCUT2D eigenvalue weighted by molar-refractivity contribution is 9.10. The maximum Gasteiger partial charge on any atom is 0.322 e. The highest BCUT2D eigenvalue weighted by Gasteiger charge is 2.14. The van der Waals surface area contributed by atoms with Crippen LogP contribution in [0.15, 0.2) is 49.9 Å². The summed E-state index contributed by atoms with van der Waals surface area (Å²) in [5.74, 6) is 1.08. The summed E-state index contributed by atoms with van der Waals surface area (Å²) >= 11 is 3.19. The maximum absolute atomic E-state index is 12.0. The molecule has 118 valence electrons. The number of halogens is 1. The van der Waals surface area contributed by atoms with Crippen molar-refractivity contribution in [3.05, 3.63) is 46.6 Å². The molecule has 1 aromatic carbocycles. The fraction of sp³-hybridized carbons (Fsp3) is 0.133. The lowest BCUT2D eigenvalue weighted by Gasteiger charge is -2.03. The predicted molar refractivity (Wildman–Crippen MR) is 85.0 cm³/mol. The Morgan fingerprint density at radius 2 is 1.96 bits per heavy atom. The van der Waals surface area contributed by atoms with Crippen LogP contribution in [-0.4, -0.2) is 23.2 Å². The van der Waals surface area contributed by atoms with Crippen LogP contribution in [-0.2, 0) is 11.2 Å². The molecule has 7 nitrogen and oxygen atoms in total. The monoisotopic (exact) mass is 377 g/mol. The number of nitrogens with one attached hydrogen (secondary N) is 1. The smallest absolute Gasteiger partial charge is 0.322 e. The molecule has 3 rings (SSSR count). The van der Waals surface area contributed by atoms with E-state index in [9.17, 15) is 4.79 Å². The Hall–Kier alpha value is -2.61. The van der Waals surface area contributed by atoms with Crippen LogP contribution in [0.2, 0.25) is 0 Å². The van der Waals surface area contributed by atoms with Gasteiger partial charge in [-0.15, -0.1) is 5.10 Å². The van der Waals surface area contributed by atoms with Crippen LogP contribution in [0.4, 0.5) is 6.01 Å². The van der Waals surface area contributed by atoms with Crippen molar-refractivity contribution in [2.75, 3.05) is 12.4 Å². The van der Waals surface area contributed by atoms with Gasteiger partial charge in [0.05, 0.1) is 13.5 Å². The van der Waals surface area contributed by atoms with Crippen molar-refractivity contribution >= 4 is 27.9 Å². The van der Waals surface area contributed by atoms with Crippen molar-refractivity contribution in [3.8, 4) is 17.4 Å². The van der Waals surface area contributed by atoms with Crippen LogP contribution in [0, 0.1) is 0 Å². The Kier molecular flexibility index (Phi) is 4.42. The third-order valence-electron chi connectivity index (χ3n) is 2.98. The van der Waals surface area contributed by atoms with Gasteiger partial charge in [0.2, 0.25) is 5.91 Å². The number of benzene rings is 1. The Morgan fingerprint density at radius 3 is 2.61 bits per heavy atom. The predicted octanol–water partition coefficient (Wildman–Crippen LogP) is 3.28. The van der Waals surface area contributed by atoms with Gasteiger partial charge in [-0.1, -0.05) is 17.2 Å². The molecule has 0 radical (unpaired) electrons. The van der Waals surface area contributed by atoms with Gasteiger partial charge in [-0.3, -0.25) is 10.1 Å². The summed E-state index contributed by atoms with van der Waals surface area (Å²) in [7, 11) is 1.59. The summed E-state index contributed by atoms with van der Waals surface area (Å²) in [6.07, 6.45) is 0.188. The van der Waals surface area contributed by atoms with Crippen molar-refractivity contribution in [2.45, 2.75) is 6.42 Å². The van der Waals surface area contributed by atoms with Crippen molar-refractivity contribution in [1.82, 2.24) is 10.2 Å². The van der Waals surface area contributed by atoms with E-state index < -0.39 is 0 Å². The molecule has 2 aromatic heterocycles. The summed E-state index contributed by atoms with van der Waals surface area (Å²) in [6, 6.07) is 10.6. The zero-order chi connectivity index (χ0) is 16.2. The van der Waals surface area contributed by atoms with Crippen molar-refractivity contribution in [1.29, 1.82) is 0 Å². The van der Waals surface area contributed by atoms with Gasteiger partial charge in [0.25, 0.3) is 5.89 Å². The SMILES string of the molecule is COc1ccc(CC(=O)Nc2nnc(-c3ccc(Br)o3)o2)cc1. The standard InChI is InChI=1S/C15H12BrN3O4/c1-21-10-4-2-9(3-5-10)8-13(20)17-15-19-18-14(23-15)11-6-7-12(16)22-11/h2-7H,8H2,1H3,(H,17,19,20). The minimum atomic E-state index is -0.258. The van der Waals surface area contributed by atoms with Gasteiger partial charge < -0.3 is 13.6 Å². The van der Waals surface area contributed by atoms with Gasteiger partial charge >= 0.3 is 6.01 Å². The van der Waals surface area contributed by atoms with Crippen molar-refractivity contribution in [3.63, 3.8) is 0 Å². The van der Waals surface area contributed by atoms with Gasteiger partial charge in [-0.2, -0.15) is 0 Å². The van der Waals surface area contributed by atoms with Crippen molar-refractivity contribution < 1.29 is 18.4 Å². The number of aromatic nitrogens is 2. The summed E-state index contributed by atoms with van der Waals surface area (Å²) in [4.78, 5) is 12.0. The lowest BCUT2D eigenvalue weighted by molar-refractivity contribution is -0.115. The topological polar surface area (TPSA) is 90.4 Å². The average molecular weight is 378 g/mol. The summed E-state index contributed by atoms with van der Waals surface area (Å²) in [6.45, 7) is 0. The molecule has 0 aliphatic heterocycles. The summed E-state index contributed by atoms with van der Waals surface area (Å²) < 4.78 is 16.3. The highest BCUT2D eigenvalue weighted by Crippen LogP contribution is 2.24. The summed E-state index contributed by atoms with van der Waals surface area (Å²) in [5.41, 5.74) is 0.845. The number of rotatable bonds is 5. The molecule has 8 heteroatoms. The first-order valence-electron chi connectivity index (χ1n) is 6.66. The van der Waals surface area contributed by atoms with Crippen LogP contribution >= 0.6 is 15.9 Å². The molecule has 0 bridgehead atoms. The molecule has 0 aliphatic carbocycles. The molecule has 0 unspecified atom stereocenters. The van der Waals surface area contributed by atoms with E-state index in [0.29, 0.717) is 10.4 Å². The molecule has 2 heterocycles. The molecule has 1 N–H and O–H groups in total. The van der Waals surface area contributed by atoms with E-state index >= 15 is 0 Å². The van der Waals surface area contributed by atoms with Crippen molar-refractivity contribution in [2.24, 2.45) is 0 Å². The van der Waals surface area contributed by atoms with Gasteiger partial charge in [-0.25, -0.2) is 0 Å². The number of hydrogen-bond acceptors (Lipinski definition) is 6. The highest BCUT2D eigenvalue weighted by atomic mass is 79.9.